The number of aliphatic imine (C=N–C) groups is 1. The molecule has 0 bridgehead atoms. The zero-order valence-electron chi connectivity index (χ0n) is 23.3. The standard InChI is InChI=1S/C30H36FN7O3/c1-33-29(32)28-24(26-7-12-35-37(26)22-10-15-41-16-11-22)18-27(38(28)34-2)19-3-6-25(31)23(17-19)30(39)36(20-4-5-20)21-8-13-40-14-9-21/h3,6-7,12,17-18,20-22H,2,4-5,8-11,13-16H2,1H3,(H2,32,33). The number of nitrogens with two attached hydrogens (primary N) is 1. The van der Waals surface area contributed by atoms with E-state index in [4.69, 9.17) is 15.2 Å². The lowest BCUT2D eigenvalue weighted by Crippen LogP contribution is -2.45. The van der Waals surface area contributed by atoms with E-state index in [1.807, 2.05) is 21.7 Å². The fourth-order valence-corrected chi connectivity index (χ4v) is 6.08. The Bertz CT molecular complexity index is 1460. The lowest BCUT2D eigenvalue weighted by Gasteiger charge is -2.34. The third-order valence-corrected chi connectivity index (χ3v) is 8.34. The summed E-state index contributed by atoms with van der Waals surface area (Å²) in [6.07, 6.45) is 6.87. The van der Waals surface area contributed by atoms with Crippen LogP contribution in [-0.2, 0) is 9.47 Å². The normalized spacial score (nSPS) is 18.9. The molecule has 6 rings (SSSR count). The number of hydrogen-bond donors (Lipinski definition) is 1. The molecule has 11 heteroatoms. The van der Waals surface area contributed by atoms with Crippen molar-refractivity contribution in [1.82, 2.24) is 19.4 Å². The van der Waals surface area contributed by atoms with E-state index in [1.165, 1.54) is 6.07 Å². The second kappa shape index (κ2) is 11.6. The van der Waals surface area contributed by atoms with Crippen LogP contribution in [0, 0.1) is 5.82 Å². The highest BCUT2D eigenvalue weighted by atomic mass is 19.1. The second-order valence-corrected chi connectivity index (χ2v) is 10.8. The van der Waals surface area contributed by atoms with E-state index in [-0.39, 0.29) is 35.4 Å². The van der Waals surface area contributed by atoms with Gasteiger partial charge in [-0.25, -0.2) is 9.07 Å². The lowest BCUT2D eigenvalue weighted by atomic mass is 10.0. The van der Waals surface area contributed by atoms with Gasteiger partial charge in [-0.3, -0.25) is 14.5 Å². The molecule has 41 heavy (non-hydrogen) atoms. The van der Waals surface area contributed by atoms with Crippen LogP contribution in [0.4, 0.5) is 4.39 Å². The topological polar surface area (TPSA) is 112 Å². The zero-order chi connectivity index (χ0) is 28.5. The number of aromatic nitrogens is 3. The third-order valence-electron chi connectivity index (χ3n) is 8.34. The molecule has 216 valence electrons. The van der Waals surface area contributed by atoms with Crippen LogP contribution in [0.3, 0.4) is 0 Å². The van der Waals surface area contributed by atoms with Crippen molar-refractivity contribution in [1.29, 1.82) is 0 Å². The minimum absolute atomic E-state index is 0.0465. The predicted molar refractivity (Wildman–Crippen MR) is 155 cm³/mol. The van der Waals surface area contributed by atoms with Crippen LogP contribution in [-0.4, -0.2) is 83.4 Å². The van der Waals surface area contributed by atoms with Gasteiger partial charge >= 0.3 is 0 Å². The van der Waals surface area contributed by atoms with Gasteiger partial charge in [0.15, 0.2) is 0 Å². The molecule has 1 aromatic carbocycles. The molecule has 4 heterocycles. The molecule has 0 atom stereocenters. The number of nitrogens with zero attached hydrogens (tertiary/aromatic N) is 6. The van der Waals surface area contributed by atoms with Gasteiger partial charge in [0, 0.05) is 69.6 Å². The van der Waals surface area contributed by atoms with Gasteiger partial charge in [0.1, 0.15) is 17.3 Å². The number of rotatable bonds is 8. The van der Waals surface area contributed by atoms with Crippen LogP contribution in [0.5, 0.6) is 0 Å². The fraction of sp³-hybridized carbons (Fsp3) is 0.467. The number of ether oxygens (including phenoxy) is 2. The van der Waals surface area contributed by atoms with Crippen LogP contribution in [0.25, 0.3) is 22.5 Å². The molecule has 3 aromatic rings. The van der Waals surface area contributed by atoms with Crippen molar-refractivity contribution in [3.8, 4) is 22.5 Å². The maximum Gasteiger partial charge on any atom is 0.257 e. The van der Waals surface area contributed by atoms with E-state index in [9.17, 15) is 4.79 Å². The summed E-state index contributed by atoms with van der Waals surface area (Å²) in [7, 11) is 1.62. The summed E-state index contributed by atoms with van der Waals surface area (Å²) in [4.78, 5) is 20.0. The molecule has 2 aliphatic heterocycles. The van der Waals surface area contributed by atoms with Gasteiger partial charge in [0.05, 0.1) is 23.0 Å². The van der Waals surface area contributed by atoms with Crippen molar-refractivity contribution in [3.05, 3.63) is 53.6 Å². The lowest BCUT2D eigenvalue weighted by molar-refractivity contribution is 0.0264. The summed E-state index contributed by atoms with van der Waals surface area (Å²) < 4.78 is 30.0. The average molecular weight is 562 g/mol. The first-order valence-electron chi connectivity index (χ1n) is 14.3. The molecular formula is C30H36FN7O3. The highest BCUT2D eigenvalue weighted by Gasteiger charge is 2.39. The molecule has 1 aliphatic carbocycles. The number of amidine groups is 1. The van der Waals surface area contributed by atoms with Crippen molar-refractivity contribution in [2.24, 2.45) is 15.8 Å². The van der Waals surface area contributed by atoms with Crippen molar-refractivity contribution in [3.63, 3.8) is 0 Å². The van der Waals surface area contributed by atoms with Crippen molar-refractivity contribution in [2.75, 3.05) is 33.5 Å². The quantitative estimate of drug-likeness (QED) is 0.329. The number of halogens is 1. The molecule has 1 saturated carbocycles. The maximum atomic E-state index is 15.3. The van der Waals surface area contributed by atoms with E-state index in [1.54, 1.807) is 30.1 Å². The minimum atomic E-state index is -0.547. The molecule has 3 fully saturated rings. The molecular weight excluding hydrogens is 525 g/mol. The number of carbonyl (C=O) groups is 1. The monoisotopic (exact) mass is 561 g/mol. The first kappa shape index (κ1) is 27.3. The second-order valence-electron chi connectivity index (χ2n) is 10.8. The van der Waals surface area contributed by atoms with Crippen LogP contribution in [0.1, 0.15) is 60.6 Å². The van der Waals surface area contributed by atoms with Crippen molar-refractivity contribution >= 4 is 18.5 Å². The van der Waals surface area contributed by atoms with Gasteiger partial charge in [-0.2, -0.15) is 10.2 Å². The van der Waals surface area contributed by atoms with Gasteiger partial charge in [0.2, 0.25) is 0 Å². The van der Waals surface area contributed by atoms with Crippen LogP contribution < -0.4 is 5.73 Å². The highest BCUT2D eigenvalue weighted by molar-refractivity contribution is 6.03. The smallest absolute Gasteiger partial charge is 0.257 e. The van der Waals surface area contributed by atoms with Crippen molar-refractivity contribution < 1.29 is 18.7 Å². The molecule has 0 radical (unpaired) electrons. The summed E-state index contributed by atoms with van der Waals surface area (Å²) in [6.45, 7) is 6.37. The third kappa shape index (κ3) is 5.19. The minimum Gasteiger partial charge on any atom is -0.382 e. The van der Waals surface area contributed by atoms with E-state index in [0.29, 0.717) is 43.4 Å². The Kier molecular flexibility index (Phi) is 7.72. The highest BCUT2D eigenvalue weighted by Crippen LogP contribution is 2.37. The maximum absolute atomic E-state index is 15.3. The molecule has 2 aromatic heterocycles. The Morgan fingerprint density at radius 1 is 1.02 bits per heavy atom. The Balaban J connectivity index is 1.44. The summed E-state index contributed by atoms with van der Waals surface area (Å²) in [5, 5.41) is 8.92. The van der Waals surface area contributed by atoms with E-state index < -0.39 is 5.82 Å². The molecule has 0 unspecified atom stereocenters. The van der Waals surface area contributed by atoms with Crippen LogP contribution in [0.15, 0.2) is 46.6 Å². The molecule has 1 amide bonds. The fourth-order valence-electron chi connectivity index (χ4n) is 6.08. The van der Waals surface area contributed by atoms with Gasteiger partial charge in [0.25, 0.3) is 5.91 Å². The number of carbonyl (C=O) groups excluding carboxylic acids is 1. The molecule has 3 aliphatic rings. The van der Waals surface area contributed by atoms with Crippen molar-refractivity contribution in [2.45, 2.75) is 56.7 Å². The number of benzene rings is 1. The van der Waals surface area contributed by atoms with Crippen LogP contribution >= 0.6 is 0 Å². The Hall–Kier alpha value is -3.83. The average Bonchev–Trinajstić information content (AvgIpc) is 3.58. The van der Waals surface area contributed by atoms with Gasteiger partial charge in [-0.05, 0) is 68.9 Å². The number of amides is 1. The summed E-state index contributed by atoms with van der Waals surface area (Å²) in [5.41, 5.74) is 9.91. The van der Waals surface area contributed by atoms with Gasteiger partial charge < -0.3 is 20.1 Å². The summed E-state index contributed by atoms with van der Waals surface area (Å²) >= 11 is 0. The summed E-state index contributed by atoms with van der Waals surface area (Å²) in [6, 6.07) is 8.88. The molecule has 2 N–H and O–H groups in total. The zero-order valence-corrected chi connectivity index (χ0v) is 23.3. The SMILES string of the molecule is C=Nn1c(-c2ccc(F)c(C(=O)N(C3CCOCC3)C3CC3)c2)cc(-c2ccnn2C2CCOCC2)c1C(N)=NC. The van der Waals surface area contributed by atoms with Gasteiger partial charge in [-0.15, -0.1) is 0 Å². The first-order chi connectivity index (χ1) is 20.0. The Morgan fingerprint density at radius 2 is 1.71 bits per heavy atom. The van der Waals surface area contributed by atoms with E-state index in [2.05, 4.69) is 21.9 Å². The molecule has 0 spiro atoms. The van der Waals surface area contributed by atoms with E-state index in [0.717, 1.165) is 49.8 Å². The molecule has 2 saturated heterocycles. The largest absolute Gasteiger partial charge is 0.382 e. The summed E-state index contributed by atoms with van der Waals surface area (Å²) in [5.74, 6) is -0.555. The Morgan fingerprint density at radius 3 is 2.37 bits per heavy atom. The number of hydrogen-bond acceptors (Lipinski definition) is 6. The first-order valence-corrected chi connectivity index (χ1v) is 14.3. The van der Waals surface area contributed by atoms with E-state index >= 15 is 4.39 Å². The van der Waals surface area contributed by atoms with Crippen LogP contribution in [0.2, 0.25) is 0 Å². The van der Waals surface area contributed by atoms with Gasteiger partial charge in [-0.1, -0.05) is 0 Å². The Labute approximate surface area is 238 Å². The predicted octanol–water partition coefficient (Wildman–Crippen LogP) is 4.09. The molecule has 10 nitrogen and oxygen atoms in total.